The fourth-order valence-electron chi connectivity index (χ4n) is 10.2. The van der Waals surface area contributed by atoms with Crippen LogP contribution >= 0.6 is 0 Å². The van der Waals surface area contributed by atoms with Crippen molar-refractivity contribution < 1.29 is 33.1 Å². The van der Waals surface area contributed by atoms with Crippen molar-refractivity contribution in [2.75, 3.05) is 12.3 Å². The second-order valence-electron chi connectivity index (χ2n) is 13.9. The van der Waals surface area contributed by atoms with Crippen molar-refractivity contribution in [3.8, 4) is 0 Å². The quantitative estimate of drug-likeness (QED) is 0.288. The minimum atomic E-state index is -4.12. The second kappa shape index (κ2) is 10.9. The molecule has 0 saturated heterocycles. The van der Waals surface area contributed by atoms with Crippen LogP contribution < -0.4 is 5.32 Å². The Labute approximate surface area is 229 Å². The van der Waals surface area contributed by atoms with Crippen LogP contribution in [0.15, 0.2) is 0 Å². The third-order valence-corrected chi connectivity index (χ3v) is 12.8. The van der Waals surface area contributed by atoms with Crippen molar-refractivity contribution >= 4 is 16.0 Å². The number of hydrogen-bond donors (Lipinski definition) is 5. The van der Waals surface area contributed by atoms with Crippen LogP contribution in [-0.4, -0.2) is 64.8 Å². The maximum atomic E-state index is 12.6. The summed E-state index contributed by atoms with van der Waals surface area (Å²) < 4.78 is 30.8. The second-order valence-corrected chi connectivity index (χ2v) is 15.5. The van der Waals surface area contributed by atoms with Crippen molar-refractivity contribution in [3.63, 3.8) is 0 Å². The zero-order chi connectivity index (χ0) is 28.2. The first kappa shape index (κ1) is 30.2. The maximum absolute atomic E-state index is 12.6. The fraction of sp³-hybridized carbons (Fsp3) is 0.966. The molecule has 0 bridgehead atoms. The van der Waals surface area contributed by atoms with E-state index in [1.165, 1.54) is 0 Å². The molecule has 5 N–H and O–H groups in total. The summed E-state index contributed by atoms with van der Waals surface area (Å²) in [4.78, 5) is 12.6. The molecule has 13 atom stereocenters. The molecule has 8 nitrogen and oxygen atoms in total. The number of nitrogens with one attached hydrogen (secondary N) is 1. The van der Waals surface area contributed by atoms with E-state index < -0.39 is 28.1 Å². The summed E-state index contributed by atoms with van der Waals surface area (Å²) in [6, 6.07) is 0. The number of fused-ring (bicyclic) bond motifs is 5. The molecule has 4 rings (SSSR count). The SMILES string of the molecule is CC[C@H]1[C@@H](O)C2C3CC[C@H]([C@H](C)C[C@H](C)C(=O)NCCS(=O)(=O)O)[C@@]3(C)[C@@H](O)CC2[C@@]2(C)CC[C@@H](O)C[C@@H]12. The Hall–Kier alpha value is -0.740. The lowest BCUT2D eigenvalue weighted by Crippen LogP contribution is -2.65. The Balaban J connectivity index is 1.51. The Morgan fingerprint density at radius 1 is 1.03 bits per heavy atom. The van der Waals surface area contributed by atoms with E-state index in [-0.39, 0.29) is 76.7 Å². The van der Waals surface area contributed by atoms with Gasteiger partial charge in [0.2, 0.25) is 5.91 Å². The third kappa shape index (κ3) is 5.19. The third-order valence-electron chi connectivity index (χ3n) is 12.1. The van der Waals surface area contributed by atoms with Crippen molar-refractivity contribution in [2.24, 2.45) is 58.2 Å². The summed E-state index contributed by atoms with van der Waals surface area (Å²) >= 11 is 0. The molecule has 4 aliphatic rings. The molecule has 0 heterocycles. The molecule has 0 spiro atoms. The Morgan fingerprint density at radius 3 is 2.34 bits per heavy atom. The van der Waals surface area contributed by atoms with Gasteiger partial charge in [-0.05, 0) is 97.2 Å². The van der Waals surface area contributed by atoms with Crippen LogP contribution in [0.5, 0.6) is 0 Å². The lowest BCUT2D eigenvalue weighted by molar-refractivity contribution is -0.228. The fourth-order valence-corrected chi connectivity index (χ4v) is 10.6. The average Bonchev–Trinajstić information content (AvgIpc) is 3.19. The van der Waals surface area contributed by atoms with E-state index in [1.807, 2.05) is 6.92 Å². The Kier molecular flexibility index (Phi) is 8.68. The van der Waals surface area contributed by atoms with E-state index in [2.05, 4.69) is 33.0 Å². The molecule has 1 amide bonds. The van der Waals surface area contributed by atoms with E-state index in [0.717, 1.165) is 38.5 Å². The largest absolute Gasteiger partial charge is 0.393 e. The van der Waals surface area contributed by atoms with Crippen LogP contribution in [-0.2, 0) is 14.9 Å². The highest BCUT2D eigenvalue weighted by atomic mass is 32.2. The van der Waals surface area contributed by atoms with Crippen LogP contribution in [0, 0.1) is 58.2 Å². The molecule has 220 valence electrons. The monoisotopic (exact) mass is 557 g/mol. The summed E-state index contributed by atoms with van der Waals surface area (Å²) in [6.45, 7) is 10.6. The molecule has 0 aromatic carbocycles. The summed E-state index contributed by atoms with van der Waals surface area (Å²) in [5.41, 5.74) is -0.317. The van der Waals surface area contributed by atoms with E-state index in [4.69, 9.17) is 4.55 Å². The van der Waals surface area contributed by atoms with Gasteiger partial charge in [-0.2, -0.15) is 8.42 Å². The van der Waals surface area contributed by atoms with Crippen molar-refractivity contribution in [3.05, 3.63) is 0 Å². The van der Waals surface area contributed by atoms with Crippen LogP contribution in [0.4, 0.5) is 0 Å². The van der Waals surface area contributed by atoms with Gasteiger partial charge in [0, 0.05) is 12.5 Å². The maximum Gasteiger partial charge on any atom is 0.266 e. The molecular weight excluding hydrogens is 506 g/mol. The molecule has 4 fully saturated rings. The molecule has 4 saturated carbocycles. The van der Waals surface area contributed by atoms with Gasteiger partial charge in [-0.1, -0.05) is 41.0 Å². The highest BCUT2D eigenvalue weighted by Crippen LogP contribution is 2.69. The number of amides is 1. The first-order chi connectivity index (χ1) is 17.6. The van der Waals surface area contributed by atoms with Gasteiger partial charge in [0.1, 0.15) is 0 Å². The predicted molar refractivity (Wildman–Crippen MR) is 146 cm³/mol. The molecule has 9 heteroatoms. The van der Waals surface area contributed by atoms with Gasteiger partial charge in [-0.25, -0.2) is 0 Å². The lowest BCUT2D eigenvalue weighted by Gasteiger charge is -2.65. The van der Waals surface area contributed by atoms with Crippen LogP contribution in [0.3, 0.4) is 0 Å². The zero-order valence-corrected chi connectivity index (χ0v) is 24.7. The number of carbonyl (C=O) groups excluding carboxylic acids is 1. The zero-order valence-electron chi connectivity index (χ0n) is 23.8. The molecule has 0 radical (unpaired) electrons. The summed E-state index contributed by atoms with van der Waals surface area (Å²) in [5.74, 6) is 0.401. The predicted octanol–water partition coefficient (Wildman–Crippen LogP) is 3.25. The molecule has 0 aliphatic heterocycles. The minimum Gasteiger partial charge on any atom is -0.393 e. The van der Waals surface area contributed by atoms with E-state index in [1.54, 1.807) is 0 Å². The van der Waals surface area contributed by atoms with Gasteiger partial charge in [0.05, 0.1) is 24.1 Å². The normalized spacial score (nSPS) is 46.4. The summed E-state index contributed by atoms with van der Waals surface area (Å²) in [5, 5.41) is 36.8. The molecule has 0 aromatic rings. The van der Waals surface area contributed by atoms with Crippen molar-refractivity contribution in [2.45, 2.75) is 104 Å². The number of rotatable bonds is 8. The lowest BCUT2D eigenvalue weighted by atomic mass is 9.41. The van der Waals surface area contributed by atoms with Crippen LogP contribution in [0.2, 0.25) is 0 Å². The minimum absolute atomic E-state index is 0.0183. The van der Waals surface area contributed by atoms with E-state index in [0.29, 0.717) is 12.8 Å². The van der Waals surface area contributed by atoms with Crippen LogP contribution in [0.1, 0.15) is 86.0 Å². The van der Waals surface area contributed by atoms with Crippen molar-refractivity contribution in [1.29, 1.82) is 0 Å². The average molecular weight is 558 g/mol. The van der Waals surface area contributed by atoms with Gasteiger partial charge in [-0.3, -0.25) is 9.35 Å². The number of aliphatic hydroxyl groups is 3. The molecule has 4 aliphatic carbocycles. The summed E-state index contributed by atoms with van der Waals surface area (Å²) in [6.07, 6.45) is 5.43. The molecule has 0 aromatic heterocycles. The highest BCUT2D eigenvalue weighted by Gasteiger charge is 2.67. The Bertz CT molecular complexity index is 974. The Morgan fingerprint density at radius 2 is 1.71 bits per heavy atom. The first-order valence-electron chi connectivity index (χ1n) is 14.9. The molecule has 38 heavy (non-hydrogen) atoms. The van der Waals surface area contributed by atoms with Gasteiger partial charge in [0.25, 0.3) is 10.1 Å². The number of hydrogen-bond acceptors (Lipinski definition) is 6. The van der Waals surface area contributed by atoms with Gasteiger partial charge in [0.15, 0.2) is 0 Å². The first-order valence-corrected chi connectivity index (χ1v) is 16.5. The number of aliphatic hydroxyl groups excluding tert-OH is 3. The van der Waals surface area contributed by atoms with Gasteiger partial charge < -0.3 is 20.6 Å². The van der Waals surface area contributed by atoms with Gasteiger partial charge in [-0.15, -0.1) is 0 Å². The van der Waals surface area contributed by atoms with Gasteiger partial charge >= 0.3 is 0 Å². The van der Waals surface area contributed by atoms with Crippen molar-refractivity contribution in [1.82, 2.24) is 5.32 Å². The molecular formula is C29H51NO7S. The standard InChI is InChI=1S/C29H51NO7S/c1-6-19-22-14-18(31)9-10-28(22,4)23-15-24(32)29(5)20(7-8-21(29)25(23)26(19)33)16(2)13-17(3)27(34)30-11-12-38(35,36)37/h16-26,31-33H,6-15H2,1-5H3,(H,30,34)(H,35,36,37)/t16-,17+,18-,19-,20-,21?,22+,23?,24+,25?,26-,28+,29-/m1/s1. The smallest absolute Gasteiger partial charge is 0.266 e. The van der Waals surface area contributed by atoms with E-state index in [9.17, 15) is 28.5 Å². The molecule has 3 unspecified atom stereocenters. The highest BCUT2D eigenvalue weighted by molar-refractivity contribution is 7.85. The summed E-state index contributed by atoms with van der Waals surface area (Å²) in [7, 11) is -4.12. The number of carbonyl (C=O) groups is 1. The topological polar surface area (TPSA) is 144 Å². The van der Waals surface area contributed by atoms with Crippen LogP contribution in [0.25, 0.3) is 0 Å². The van der Waals surface area contributed by atoms with E-state index >= 15 is 0 Å².